The fraction of sp³-hybridized carbons (Fsp3) is 0.652. The van der Waals surface area contributed by atoms with Gasteiger partial charge >= 0.3 is 0 Å². The van der Waals surface area contributed by atoms with Crippen LogP contribution in [-0.4, -0.2) is 68.4 Å². The first kappa shape index (κ1) is 22.9. The number of aromatic nitrogens is 1. The molecule has 0 atom stereocenters. The van der Waals surface area contributed by atoms with Crippen molar-refractivity contribution in [2.45, 2.75) is 44.6 Å². The van der Waals surface area contributed by atoms with E-state index in [-0.39, 0.29) is 11.5 Å². The van der Waals surface area contributed by atoms with E-state index in [9.17, 15) is 13.6 Å². The Morgan fingerprint density at radius 2 is 1.94 bits per heavy atom. The summed E-state index contributed by atoms with van der Waals surface area (Å²) >= 11 is 0. The number of hydrogen-bond donors (Lipinski definition) is 1. The molecule has 1 aliphatic carbocycles. The smallest absolute Gasteiger partial charge is 0.222 e. The van der Waals surface area contributed by atoms with Crippen molar-refractivity contribution < 1.29 is 22.8 Å². The molecule has 1 saturated heterocycles. The van der Waals surface area contributed by atoms with Gasteiger partial charge in [0, 0.05) is 51.8 Å². The number of benzene rings is 1. The summed E-state index contributed by atoms with van der Waals surface area (Å²) in [6.07, 6.45) is 5.98. The van der Waals surface area contributed by atoms with Crippen molar-refractivity contribution in [3.05, 3.63) is 23.8 Å². The summed E-state index contributed by atoms with van der Waals surface area (Å²) in [5, 5.41) is 7.51. The number of rotatable bonds is 8. The number of methoxy groups -OCH3 is 1. The molecule has 1 N–H and O–H groups in total. The quantitative estimate of drug-likeness (QED) is 0.665. The Balaban J connectivity index is 1.19. The highest BCUT2D eigenvalue weighted by Crippen LogP contribution is 2.30. The zero-order valence-electron chi connectivity index (χ0n) is 18.6. The van der Waals surface area contributed by atoms with E-state index < -0.39 is 11.6 Å². The largest absolute Gasteiger partial charge is 0.384 e. The van der Waals surface area contributed by atoms with Crippen molar-refractivity contribution in [2.24, 2.45) is 5.92 Å². The van der Waals surface area contributed by atoms with Gasteiger partial charge in [0.1, 0.15) is 5.82 Å². The van der Waals surface area contributed by atoms with Crippen LogP contribution < -0.4 is 10.2 Å². The summed E-state index contributed by atoms with van der Waals surface area (Å²) in [5.41, 5.74) is 0.00863. The fourth-order valence-electron chi connectivity index (χ4n) is 4.82. The van der Waals surface area contributed by atoms with Gasteiger partial charge in [-0.1, -0.05) is 5.16 Å². The van der Waals surface area contributed by atoms with E-state index in [2.05, 4.69) is 15.4 Å². The van der Waals surface area contributed by atoms with E-state index in [1.54, 1.807) is 7.11 Å². The van der Waals surface area contributed by atoms with E-state index in [0.717, 1.165) is 70.9 Å². The molecule has 2 heterocycles. The van der Waals surface area contributed by atoms with Gasteiger partial charge in [-0.15, -0.1) is 0 Å². The van der Waals surface area contributed by atoms with Crippen LogP contribution in [0.5, 0.6) is 0 Å². The number of piperazine rings is 1. The summed E-state index contributed by atoms with van der Waals surface area (Å²) in [6.45, 7) is 4.79. The fourth-order valence-corrected chi connectivity index (χ4v) is 4.82. The Labute approximate surface area is 187 Å². The van der Waals surface area contributed by atoms with Crippen LogP contribution in [0.1, 0.15) is 38.5 Å². The molecule has 7 nitrogen and oxygen atoms in total. The maximum atomic E-state index is 13.9. The standard InChI is InChI=1S/C23H32F2N4O3/c1-31-13-7-21(30)26-18-4-2-16(3-5-18)6-8-28-9-11-29(12-10-28)23-19-14-17(24)15-20(25)22(19)32-27-23/h14-16,18H,2-13H2,1H3,(H,26,30). The molecule has 1 amide bonds. The SMILES string of the molecule is COCCC(=O)NC1CCC(CCN2CCN(c3noc4c(F)cc(F)cc34)CC2)CC1. The van der Waals surface area contributed by atoms with Gasteiger partial charge in [-0.25, -0.2) is 8.78 Å². The number of hydrogen-bond acceptors (Lipinski definition) is 6. The van der Waals surface area contributed by atoms with E-state index in [0.29, 0.717) is 36.2 Å². The average molecular weight is 451 g/mol. The molecule has 1 aromatic carbocycles. The first-order valence-electron chi connectivity index (χ1n) is 11.5. The Hall–Kier alpha value is -2.26. The van der Waals surface area contributed by atoms with Crippen molar-refractivity contribution in [3.8, 4) is 0 Å². The number of carbonyl (C=O) groups is 1. The van der Waals surface area contributed by atoms with Crippen molar-refractivity contribution in [1.29, 1.82) is 0 Å². The molecule has 2 aliphatic rings. The third kappa shape index (κ3) is 5.56. The van der Waals surface area contributed by atoms with E-state index in [1.165, 1.54) is 6.07 Å². The van der Waals surface area contributed by atoms with E-state index in [1.807, 2.05) is 4.90 Å². The molecule has 4 rings (SSSR count). The second-order valence-electron chi connectivity index (χ2n) is 8.92. The minimum atomic E-state index is -0.721. The molecule has 1 aliphatic heterocycles. The van der Waals surface area contributed by atoms with Gasteiger partial charge in [-0.3, -0.25) is 9.69 Å². The maximum Gasteiger partial charge on any atom is 0.222 e. The minimum Gasteiger partial charge on any atom is -0.384 e. The second-order valence-corrected chi connectivity index (χ2v) is 8.92. The van der Waals surface area contributed by atoms with Crippen LogP contribution in [0.2, 0.25) is 0 Å². The van der Waals surface area contributed by atoms with Crippen molar-refractivity contribution in [2.75, 3.05) is 51.3 Å². The number of halogens is 2. The lowest BCUT2D eigenvalue weighted by Crippen LogP contribution is -2.47. The third-order valence-corrected chi connectivity index (χ3v) is 6.74. The number of amides is 1. The topological polar surface area (TPSA) is 70.8 Å². The Morgan fingerprint density at radius 1 is 1.19 bits per heavy atom. The van der Waals surface area contributed by atoms with Crippen molar-refractivity contribution >= 4 is 22.7 Å². The highest BCUT2D eigenvalue weighted by molar-refractivity contribution is 5.89. The first-order valence-corrected chi connectivity index (χ1v) is 11.5. The predicted molar refractivity (Wildman–Crippen MR) is 118 cm³/mol. The lowest BCUT2D eigenvalue weighted by atomic mass is 9.84. The van der Waals surface area contributed by atoms with Crippen LogP contribution in [0, 0.1) is 17.6 Å². The molecule has 9 heteroatoms. The Morgan fingerprint density at radius 3 is 2.66 bits per heavy atom. The van der Waals surface area contributed by atoms with Crippen LogP contribution >= 0.6 is 0 Å². The summed E-state index contributed by atoms with van der Waals surface area (Å²) in [6, 6.07) is 2.40. The van der Waals surface area contributed by atoms with Crippen molar-refractivity contribution in [3.63, 3.8) is 0 Å². The molecule has 0 bridgehead atoms. The highest BCUT2D eigenvalue weighted by Gasteiger charge is 2.26. The summed E-state index contributed by atoms with van der Waals surface area (Å²) < 4.78 is 37.6. The van der Waals surface area contributed by atoms with Gasteiger partial charge in [0.15, 0.2) is 11.6 Å². The van der Waals surface area contributed by atoms with Gasteiger partial charge in [0.25, 0.3) is 0 Å². The molecule has 176 valence electrons. The average Bonchev–Trinajstić information content (AvgIpc) is 3.22. The predicted octanol–water partition coefficient (Wildman–Crippen LogP) is 3.33. The van der Waals surface area contributed by atoms with Gasteiger partial charge < -0.3 is 19.5 Å². The molecule has 1 saturated carbocycles. The van der Waals surface area contributed by atoms with Gasteiger partial charge in [0.05, 0.1) is 12.0 Å². The lowest BCUT2D eigenvalue weighted by Gasteiger charge is -2.36. The molecule has 1 aromatic heterocycles. The van der Waals surface area contributed by atoms with Crippen LogP contribution in [0.15, 0.2) is 16.7 Å². The summed E-state index contributed by atoms with van der Waals surface area (Å²) in [4.78, 5) is 16.3. The Bertz CT molecular complexity index is 906. The first-order chi connectivity index (χ1) is 15.5. The molecule has 2 fully saturated rings. The number of nitrogens with one attached hydrogen (secondary N) is 1. The molecule has 32 heavy (non-hydrogen) atoms. The van der Waals surface area contributed by atoms with Crippen molar-refractivity contribution in [1.82, 2.24) is 15.4 Å². The summed E-state index contributed by atoms with van der Waals surface area (Å²) in [5.74, 6) is -0.0444. The van der Waals surface area contributed by atoms with Crippen LogP contribution in [-0.2, 0) is 9.53 Å². The Kier molecular flexibility index (Phi) is 7.57. The molecular weight excluding hydrogens is 418 g/mol. The maximum absolute atomic E-state index is 13.9. The normalized spacial score (nSPS) is 22.4. The zero-order chi connectivity index (χ0) is 22.5. The summed E-state index contributed by atoms with van der Waals surface area (Å²) in [7, 11) is 1.61. The molecule has 0 unspecified atom stereocenters. The minimum absolute atomic E-state index is 0.00863. The van der Waals surface area contributed by atoms with Gasteiger partial charge in [-0.2, -0.15) is 0 Å². The lowest BCUT2D eigenvalue weighted by molar-refractivity contribution is -0.122. The van der Waals surface area contributed by atoms with Crippen LogP contribution in [0.3, 0.4) is 0 Å². The number of nitrogens with zero attached hydrogens (tertiary/aromatic N) is 3. The van der Waals surface area contributed by atoms with Gasteiger partial charge in [-0.05, 0) is 50.6 Å². The number of ether oxygens (including phenoxy) is 1. The number of carbonyl (C=O) groups excluding carboxylic acids is 1. The van der Waals surface area contributed by atoms with E-state index in [4.69, 9.17) is 9.26 Å². The second kappa shape index (κ2) is 10.6. The molecule has 0 radical (unpaired) electrons. The molecular formula is C23H32F2N4O3. The number of fused-ring (bicyclic) bond motifs is 1. The van der Waals surface area contributed by atoms with Gasteiger partial charge in [0.2, 0.25) is 11.5 Å². The van der Waals surface area contributed by atoms with Crippen LogP contribution in [0.25, 0.3) is 11.0 Å². The van der Waals surface area contributed by atoms with Crippen LogP contribution in [0.4, 0.5) is 14.6 Å². The van der Waals surface area contributed by atoms with E-state index >= 15 is 0 Å². The number of anilines is 1. The third-order valence-electron chi connectivity index (χ3n) is 6.74. The molecule has 2 aromatic rings. The highest BCUT2D eigenvalue weighted by atomic mass is 19.1. The zero-order valence-corrected chi connectivity index (χ0v) is 18.6. The monoisotopic (exact) mass is 450 g/mol. The molecule has 0 spiro atoms.